The molecule has 0 aliphatic rings. The summed E-state index contributed by atoms with van der Waals surface area (Å²) in [5.41, 5.74) is 2.58. The zero-order chi connectivity index (χ0) is 8.10. The molecule has 11 heavy (non-hydrogen) atoms. The van der Waals surface area contributed by atoms with Gasteiger partial charge in [-0.25, -0.2) is 0 Å². The van der Waals surface area contributed by atoms with Crippen molar-refractivity contribution in [2.24, 2.45) is 0 Å². The maximum Gasteiger partial charge on any atom is 0.150 e. The molecule has 1 aromatic rings. The molecule has 0 aromatic heterocycles. The Hall–Kier alpha value is -1.22. The molecule has 1 N–H and O–H groups in total. The molecule has 0 radical (unpaired) electrons. The Bertz CT molecular complexity index is 225. The molecule has 0 aliphatic heterocycles. The molecular formula is C8H11NO2. The number of hydrogen-bond acceptors (Lipinski definition) is 3. The van der Waals surface area contributed by atoms with Crippen LogP contribution in [0.2, 0.25) is 0 Å². The lowest BCUT2D eigenvalue weighted by molar-refractivity contribution is 0.223. The number of rotatable bonds is 3. The van der Waals surface area contributed by atoms with Crippen LogP contribution in [0.5, 0.6) is 11.5 Å². The normalized spacial score (nSPS) is 9.27. The highest BCUT2D eigenvalue weighted by atomic mass is 16.6. The van der Waals surface area contributed by atoms with Crippen LogP contribution in [0.1, 0.15) is 0 Å². The molecule has 0 amide bonds. The molecule has 0 bridgehead atoms. The fraction of sp³-hybridized carbons (Fsp3) is 0.250. The van der Waals surface area contributed by atoms with Crippen LogP contribution < -0.4 is 15.1 Å². The van der Waals surface area contributed by atoms with Gasteiger partial charge in [0.25, 0.3) is 0 Å². The van der Waals surface area contributed by atoms with E-state index in [2.05, 4.69) is 5.48 Å². The summed E-state index contributed by atoms with van der Waals surface area (Å²) < 4.78 is 4.99. The zero-order valence-electron chi connectivity index (χ0n) is 6.63. The van der Waals surface area contributed by atoms with E-state index in [4.69, 9.17) is 9.57 Å². The van der Waals surface area contributed by atoms with E-state index < -0.39 is 0 Å². The van der Waals surface area contributed by atoms with E-state index in [-0.39, 0.29) is 0 Å². The average Bonchev–Trinajstić information content (AvgIpc) is 2.06. The Morgan fingerprint density at radius 1 is 1.27 bits per heavy atom. The number of ether oxygens (including phenoxy) is 1. The SMILES string of the molecule is CNOc1cccc(OC)c1. The summed E-state index contributed by atoms with van der Waals surface area (Å²) in [5.74, 6) is 1.53. The van der Waals surface area contributed by atoms with Gasteiger partial charge >= 0.3 is 0 Å². The lowest BCUT2D eigenvalue weighted by Crippen LogP contribution is -2.10. The molecule has 1 aromatic carbocycles. The Morgan fingerprint density at radius 2 is 2.00 bits per heavy atom. The smallest absolute Gasteiger partial charge is 0.150 e. The van der Waals surface area contributed by atoms with Gasteiger partial charge < -0.3 is 9.57 Å². The summed E-state index contributed by atoms with van der Waals surface area (Å²) in [6.45, 7) is 0. The van der Waals surface area contributed by atoms with Crippen LogP contribution in [0.4, 0.5) is 0 Å². The minimum Gasteiger partial charge on any atom is -0.497 e. The summed E-state index contributed by atoms with van der Waals surface area (Å²) in [6.07, 6.45) is 0. The average molecular weight is 153 g/mol. The zero-order valence-corrected chi connectivity index (χ0v) is 6.63. The first-order chi connectivity index (χ1) is 5.36. The number of methoxy groups -OCH3 is 1. The van der Waals surface area contributed by atoms with Gasteiger partial charge in [0.05, 0.1) is 7.11 Å². The molecule has 1 rings (SSSR count). The number of hydrogen-bond donors (Lipinski definition) is 1. The summed E-state index contributed by atoms with van der Waals surface area (Å²) in [4.78, 5) is 5.02. The highest BCUT2D eigenvalue weighted by Crippen LogP contribution is 2.17. The van der Waals surface area contributed by atoms with Gasteiger partial charge in [-0.15, -0.1) is 0 Å². The Kier molecular flexibility index (Phi) is 2.74. The van der Waals surface area contributed by atoms with Gasteiger partial charge in [0.1, 0.15) is 5.75 Å². The molecule has 0 saturated carbocycles. The van der Waals surface area contributed by atoms with E-state index in [0.717, 1.165) is 11.5 Å². The molecule has 3 heteroatoms. The maximum atomic E-state index is 5.02. The van der Waals surface area contributed by atoms with Crippen molar-refractivity contribution in [2.75, 3.05) is 14.2 Å². The lowest BCUT2D eigenvalue weighted by Gasteiger charge is -2.03. The van der Waals surface area contributed by atoms with Crippen molar-refractivity contribution in [2.45, 2.75) is 0 Å². The molecule has 0 unspecified atom stereocenters. The molecule has 0 saturated heterocycles. The molecule has 0 heterocycles. The van der Waals surface area contributed by atoms with Crippen molar-refractivity contribution in [1.82, 2.24) is 5.48 Å². The molecule has 0 aliphatic carbocycles. The fourth-order valence-corrected chi connectivity index (χ4v) is 0.783. The largest absolute Gasteiger partial charge is 0.497 e. The molecule has 60 valence electrons. The molecular weight excluding hydrogens is 142 g/mol. The molecule has 0 spiro atoms. The van der Waals surface area contributed by atoms with E-state index >= 15 is 0 Å². The van der Waals surface area contributed by atoms with Crippen LogP contribution in [-0.4, -0.2) is 14.2 Å². The van der Waals surface area contributed by atoms with Gasteiger partial charge in [-0.3, -0.25) is 0 Å². The number of benzene rings is 1. The van der Waals surface area contributed by atoms with Crippen molar-refractivity contribution in [1.29, 1.82) is 0 Å². The van der Waals surface area contributed by atoms with Crippen molar-refractivity contribution in [3.05, 3.63) is 24.3 Å². The predicted molar refractivity (Wildman–Crippen MR) is 42.7 cm³/mol. The van der Waals surface area contributed by atoms with Crippen molar-refractivity contribution >= 4 is 0 Å². The van der Waals surface area contributed by atoms with Crippen LogP contribution in [0.3, 0.4) is 0 Å². The van der Waals surface area contributed by atoms with Gasteiger partial charge in [-0.05, 0) is 12.1 Å². The monoisotopic (exact) mass is 153 g/mol. The summed E-state index contributed by atoms with van der Waals surface area (Å²) >= 11 is 0. The van der Waals surface area contributed by atoms with E-state index in [1.807, 2.05) is 18.2 Å². The van der Waals surface area contributed by atoms with Gasteiger partial charge in [-0.2, -0.15) is 5.48 Å². The second-order valence-electron chi connectivity index (χ2n) is 1.99. The van der Waals surface area contributed by atoms with E-state index in [0.29, 0.717) is 0 Å². The topological polar surface area (TPSA) is 30.5 Å². The lowest BCUT2D eigenvalue weighted by atomic mass is 10.3. The van der Waals surface area contributed by atoms with Crippen LogP contribution >= 0.6 is 0 Å². The van der Waals surface area contributed by atoms with Crippen molar-refractivity contribution in [3.63, 3.8) is 0 Å². The Balaban J connectivity index is 2.74. The third-order valence-corrected chi connectivity index (χ3v) is 1.26. The highest BCUT2D eigenvalue weighted by molar-refractivity contribution is 5.32. The van der Waals surface area contributed by atoms with Crippen molar-refractivity contribution < 1.29 is 9.57 Å². The van der Waals surface area contributed by atoms with Gasteiger partial charge in [-0.1, -0.05) is 6.07 Å². The Morgan fingerprint density at radius 3 is 2.64 bits per heavy atom. The quantitative estimate of drug-likeness (QED) is 0.662. The third kappa shape index (κ3) is 2.13. The maximum absolute atomic E-state index is 5.02. The second kappa shape index (κ2) is 3.83. The predicted octanol–water partition coefficient (Wildman–Crippen LogP) is 1.21. The van der Waals surface area contributed by atoms with E-state index in [1.54, 1.807) is 20.2 Å². The first-order valence-electron chi connectivity index (χ1n) is 3.34. The number of nitrogens with one attached hydrogen (secondary N) is 1. The fourth-order valence-electron chi connectivity index (χ4n) is 0.783. The second-order valence-corrected chi connectivity index (χ2v) is 1.99. The van der Waals surface area contributed by atoms with Crippen LogP contribution in [-0.2, 0) is 0 Å². The molecule has 3 nitrogen and oxygen atoms in total. The minimum absolute atomic E-state index is 0.742. The van der Waals surface area contributed by atoms with E-state index in [9.17, 15) is 0 Å². The van der Waals surface area contributed by atoms with Crippen LogP contribution in [0, 0.1) is 0 Å². The van der Waals surface area contributed by atoms with Gasteiger partial charge in [0.2, 0.25) is 0 Å². The minimum atomic E-state index is 0.742. The summed E-state index contributed by atoms with van der Waals surface area (Å²) in [7, 11) is 3.33. The molecule has 0 fully saturated rings. The first-order valence-corrected chi connectivity index (χ1v) is 3.34. The summed E-state index contributed by atoms with van der Waals surface area (Å²) in [6, 6.07) is 7.38. The third-order valence-electron chi connectivity index (χ3n) is 1.26. The molecule has 0 atom stereocenters. The number of hydroxylamine groups is 1. The van der Waals surface area contributed by atoms with Gasteiger partial charge in [0, 0.05) is 13.1 Å². The van der Waals surface area contributed by atoms with Crippen LogP contribution in [0.25, 0.3) is 0 Å². The van der Waals surface area contributed by atoms with E-state index in [1.165, 1.54) is 0 Å². The van der Waals surface area contributed by atoms with Gasteiger partial charge in [0.15, 0.2) is 5.75 Å². The standard InChI is InChI=1S/C8H11NO2/c1-9-11-8-5-3-4-7(6-8)10-2/h3-6,9H,1-2H3. The summed E-state index contributed by atoms with van der Waals surface area (Å²) in [5, 5.41) is 0. The first kappa shape index (κ1) is 7.88. The Labute approximate surface area is 65.9 Å². The highest BCUT2D eigenvalue weighted by Gasteiger charge is 1.93. The van der Waals surface area contributed by atoms with Crippen LogP contribution in [0.15, 0.2) is 24.3 Å². The van der Waals surface area contributed by atoms with Crippen molar-refractivity contribution in [3.8, 4) is 11.5 Å².